The number of benzene rings is 2. The maximum atomic E-state index is 13.7. The van der Waals surface area contributed by atoms with E-state index in [0.29, 0.717) is 18.3 Å². The third-order valence-corrected chi connectivity index (χ3v) is 4.69. The highest BCUT2D eigenvalue weighted by Crippen LogP contribution is 2.37. The Hall–Kier alpha value is -4.11. The number of amides is 1. The van der Waals surface area contributed by atoms with Gasteiger partial charge in [-0.25, -0.2) is 4.68 Å². The Morgan fingerprint density at radius 1 is 0.889 bits per heavy atom. The van der Waals surface area contributed by atoms with Crippen LogP contribution in [-0.4, -0.2) is 20.6 Å². The number of non-ortho nitro benzene ring substituents is 1. The summed E-state index contributed by atoms with van der Waals surface area (Å²) < 4.78 is 119. The van der Waals surface area contributed by atoms with Crippen molar-refractivity contribution >= 4 is 11.6 Å². The molecule has 0 spiro atoms. The molecule has 0 fully saturated rings. The number of alkyl halides is 9. The molecule has 2 aromatic carbocycles. The molecular formula is C20H11F9N4O3. The fraction of sp³-hybridized carbons (Fsp3) is 0.200. The van der Waals surface area contributed by atoms with Crippen molar-refractivity contribution in [3.63, 3.8) is 0 Å². The fourth-order valence-electron chi connectivity index (χ4n) is 3.10. The van der Waals surface area contributed by atoms with E-state index in [1.54, 1.807) is 0 Å². The van der Waals surface area contributed by atoms with Gasteiger partial charge >= 0.3 is 18.5 Å². The predicted octanol–water partition coefficient (Wildman–Crippen LogP) is 5.77. The standard InChI is InChI=1S/C20H11F9N4O3/c21-18(22,23)11-5-10(6-12(7-11)19(24,25)26)8-30-17(34)15-9-31-32(16(15)20(27,28)29)13-1-3-14(4-2-13)33(35)36/h1-7,9H,8H2,(H,30,34). The van der Waals surface area contributed by atoms with Crippen molar-refractivity contribution in [2.75, 3.05) is 0 Å². The molecule has 192 valence electrons. The van der Waals surface area contributed by atoms with Gasteiger partial charge in [0.15, 0.2) is 5.69 Å². The van der Waals surface area contributed by atoms with Gasteiger partial charge in [0.05, 0.1) is 33.5 Å². The number of nitro groups is 1. The lowest BCUT2D eigenvalue weighted by molar-refractivity contribution is -0.384. The average molecular weight is 526 g/mol. The third-order valence-electron chi connectivity index (χ3n) is 4.69. The fourth-order valence-corrected chi connectivity index (χ4v) is 3.10. The molecule has 7 nitrogen and oxygen atoms in total. The topological polar surface area (TPSA) is 90.1 Å². The molecule has 1 amide bonds. The van der Waals surface area contributed by atoms with E-state index in [4.69, 9.17) is 0 Å². The molecule has 1 N–H and O–H groups in total. The van der Waals surface area contributed by atoms with E-state index in [-0.39, 0.29) is 16.4 Å². The molecule has 0 bridgehead atoms. The lowest BCUT2D eigenvalue weighted by Gasteiger charge is -2.15. The number of aromatic nitrogens is 2. The SMILES string of the molecule is O=C(NCc1cc(C(F)(F)F)cc(C(F)(F)F)c1)c1cnn(-c2ccc([N+](=O)[O-])cc2)c1C(F)(F)F. The van der Waals surface area contributed by atoms with E-state index in [1.165, 1.54) is 0 Å². The molecule has 0 saturated carbocycles. The number of rotatable bonds is 5. The zero-order valence-corrected chi connectivity index (χ0v) is 17.3. The molecule has 1 aromatic heterocycles. The minimum absolute atomic E-state index is 0.138. The van der Waals surface area contributed by atoms with E-state index in [0.717, 1.165) is 24.3 Å². The molecular weight excluding hydrogens is 515 g/mol. The number of nitro benzene ring substituents is 1. The van der Waals surface area contributed by atoms with Gasteiger partial charge in [-0.1, -0.05) is 0 Å². The Morgan fingerprint density at radius 2 is 1.42 bits per heavy atom. The summed E-state index contributed by atoms with van der Waals surface area (Å²) in [5.74, 6) is -1.48. The Labute approximate surface area is 194 Å². The Kier molecular flexibility index (Phi) is 6.74. The summed E-state index contributed by atoms with van der Waals surface area (Å²) in [4.78, 5) is 22.4. The van der Waals surface area contributed by atoms with Gasteiger partial charge < -0.3 is 5.32 Å². The number of carbonyl (C=O) groups is 1. The number of nitrogens with one attached hydrogen (secondary N) is 1. The molecule has 0 aliphatic rings. The van der Waals surface area contributed by atoms with Gasteiger partial charge in [-0.15, -0.1) is 0 Å². The van der Waals surface area contributed by atoms with Crippen molar-refractivity contribution in [1.29, 1.82) is 0 Å². The van der Waals surface area contributed by atoms with Gasteiger partial charge in [-0.3, -0.25) is 14.9 Å². The monoisotopic (exact) mass is 526 g/mol. The molecule has 0 unspecified atom stereocenters. The molecule has 16 heteroatoms. The molecule has 36 heavy (non-hydrogen) atoms. The van der Waals surface area contributed by atoms with Crippen molar-refractivity contribution in [2.24, 2.45) is 0 Å². The first-order valence-electron chi connectivity index (χ1n) is 9.45. The molecule has 1 heterocycles. The number of halogens is 9. The first-order valence-corrected chi connectivity index (χ1v) is 9.45. The molecule has 0 radical (unpaired) electrons. The number of hydrogen-bond donors (Lipinski definition) is 1. The number of carbonyl (C=O) groups excluding carboxylic acids is 1. The summed E-state index contributed by atoms with van der Waals surface area (Å²) in [5.41, 5.74) is -7.43. The predicted molar refractivity (Wildman–Crippen MR) is 103 cm³/mol. The summed E-state index contributed by atoms with van der Waals surface area (Å²) >= 11 is 0. The van der Waals surface area contributed by atoms with E-state index in [9.17, 15) is 54.4 Å². The van der Waals surface area contributed by atoms with Crippen molar-refractivity contribution in [3.8, 4) is 5.69 Å². The van der Waals surface area contributed by atoms with Gasteiger partial charge in [0, 0.05) is 18.7 Å². The quantitative estimate of drug-likeness (QED) is 0.260. The van der Waals surface area contributed by atoms with Gasteiger partial charge in [0.25, 0.3) is 11.6 Å². The summed E-state index contributed by atoms with van der Waals surface area (Å²) in [6, 6.07) is 4.15. The van der Waals surface area contributed by atoms with Crippen LogP contribution in [0, 0.1) is 10.1 Å². The maximum absolute atomic E-state index is 13.7. The normalized spacial score (nSPS) is 12.5. The minimum atomic E-state index is -5.19. The second-order valence-electron chi connectivity index (χ2n) is 7.19. The largest absolute Gasteiger partial charge is 0.434 e. The second kappa shape index (κ2) is 9.16. The summed E-state index contributed by atoms with van der Waals surface area (Å²) in [5, 5.41) is 16.1. The molecule has 3 aromatic rings. The third kappa shape index (κ3) is 5.75. The highest BCUT2D eigenvalue weighted by atomic mass is 19.4. The highest BCUT2D eigenvalue weighted by Gasteiger charge is 2.41. The van der Waals surface area contributed by atoms with Crippen molar-refractivity contribution in [2.45, 2.75) is 25.1 Å². The number of hydrogen-bond acceptors (Lipinski definition) is 4. The van der Waals surface area contributed by atoms with Gasteiger partial charge in [0.1, 0.15) is 0 Å². The smallest absolute Gasteiger partial charge is 0.348 e. The van der Waals surface area contributed by atoms with Crippen LogP contribution >= 0.6 is 0 Å². The van der Waals surface area contributed by atoms with E-state index in [2.05, 4.69) is 5.10 Å². The first-order chi connectivity index (χ1) is 16.5. The van der Waals surface area contributed by atoms with Crippen LogP contribution in [0.25, 0.3) is 5.69 Å². The van der Waals surface area contributed by atoms with Crippen LogP contribution in [0.1, 0.15) is 32.7 Å². The first kappa shape index (κ1) is 26.5. The lowest BCUT2D eigenvalue weighted by atomic mass is 10.0. The molecule has 0 saturated heterocycles. The highest BCUT2D eigenvalue weighted by molar-refractivity contribution is 5.95. The Morgan fingerprint density at radius 3 is 1.86 bits per heavy atom. The van der Waals surface area contributed by atoms with E-state index in [1.807, 2.05) is 5.32 Å². The van der Waals surface area contributed by atoms with Crippen molar-refractivity contribution in [1.82, 2.24) is 15.1 Å². The maximum Gasteiger partial charge on any atom is 0.434 e. The van der Waals surface area contributed by atoms with Crippen LogP contribution < -0.4 is 5.32 Å². The van der Waals surface area contributed by atoms with E-state index >= 15 is 0 Å². The molecule has 0 aliphatic heterocycles. The summed E-state index contributed by atoms with van der Waals surface area (Å²) in [6.45, 7) is -0.966. The van der Waals surface area contributed by atoms with Gasteiger partial charge in [-0.2, -0.15) is 44.6 Å². The zero-order chi connectivity index (χ0) is 27.1. The zero-order valence-electron chi connectivity index (χ0n) is 17.3. The van der Waals surface area contributed by atoms with Crippen LogP contribution in [0.4, 0.5) is 45.2 Å². The molecule has 3 rings (SSSR count). The van der Waals surface area contributed by atoms with Crippen LogP contribution in [0.5, 0.6) is 0 Å². The minimum Gasteiger partial charge on any atom is -0.348 e. The van der Waals surface area contributed by atoms with Crippen molar-refractivity contribution in [3.05, 3.63) is 86.7 Å². The summed E-state index contributed by atoms with van der Waals surface area (Å²) in [6.07, 6.45) is -15.0. The van der Waals surface area contributed by atoms with Crippen LogP contribution in [-0.2, 0) is 25.1 Å². The van der Waals surface area contributed by atoms with E-state index < -0.39 is 69.5 Å². The molecule has 0 aliphatic carbocycles. The molecule has 0 atom stereocenters. The number of nitrogens with zero attached hydrogens (tertiary/aromatic N) is 3. The average Bonchev–Trinajstić information content (AvgIpc) is 3.22. The Balaban J connectivity index is 1.94. The summed E-state index contributed by atoms with van der Waals surface area (Å²) in [7, 11) is 0. The van der Waals surface area contributed by atoms with Crippen LogP contribution in [0.3, 0.4) is 0 Å². The van der Waals surface area contributed by atoms with Crippen molar-refractivity contribution < 1.29 is 49.2 Å². The second-order valence-corrected chi connectivity index (χ2v) is 7.19. The van der Waals surface area contributed by atoms with Crippen LogP contribution in [0.15, 0.2) is 48.7 Å². The van der Waals surface area contributed by atoms with Crippen LogP contribution in [0.2, 0.25) is 0 Å². The van der Waals surface area contributed by atoms with Gasteiger partial charge in [0.2, 0.25) is 0 Å². The Bertz CT molecular complexity index is 1260. The lowest BCUT2D eigenvalue weighted by Crippen LogP contribution is -2.26. The van der Waals surface area contributed by atoms with Gasteiger partial charge in [-0.05, 0) is 35.9 Å².